The van der Waals surface area contributed by atoms with Crippen molar-refractivity contribution in [1.82, 2.24) is 14.8 Å². The number of aryl methyl sites for hydroxylation is 2. The summed E-state index contributed by atoms with van der Waals surface area (Å²) < 4.78 is 1.61. The number of nitrogens with zero attached hydrogens (tertiary/aromatic N) is 3. The lowest BCUT2D eigenvalue weighted by atomic mass is 10.0. The number of hydrogen-bond acceptors (Lipinski definition) is 3. The summed E-state index contributed by atoms with van der Waals surface area (Å²) in [7, 11) is 1.78. The molecule has 4 rings (SSSR count). The molecule has 128 valence electrons. The fourth-order valence-corrected chi connectivity index (χ4v) is 3.10. The van der Waals surface area contributed by atoms with Crippen molar-refractivity contribution in [2.75, 3.05) is 0 Å². The van der Waals surface area contributed by atoms with Crippen molar-refractivity contribution >= 4 is 16.7 Å². The van der Waals surface area contributed by atoms with Gasteiger partial charge in [-0.25, -0.2) is 0 Å². The number of ketones is 1. The van der Waals surface area contributed by atoms with Crippen LogP contribution >= 0.6 is 0 Å². The van der Waals surface area contributed by atoms with E-state index in [1.54, 1.807) is 24.0 Å². The molecule has 4 nitrogen and oxygen atoms in total. The Kier molecular flexibility index (Phi) is 4.09. The molecule has 0 bridgehead atoms. The Hall–Kier alpha value is -3.27. The molecule has 0 radical (unpaired) electrons. The Balaban J connectivity index is 1.62. The molecular formula is C22H19N3O. The Morgan fingerprint density at radius 2 is 1.81 bits per heavy atom. The second-order valence-electron chi connectivity index (χ2n) is 6.56. The summed E-state index contributed by atoms with van der Waals surface area (Å²) in [4.78, 5) is 17.0. The average Bonchev–Trinajstić information content (AvgIpc) is 3.08. The quantitative estimate of drug-likeness (QED) is 0.518. The first-order valence-electron chi connectivity index (χ1n) is 8.57. The van der Waals surface area contributed by atoms with Gasteiger partial charge in [-0.15, -0.1) is 0 Å². The predicted octanol–water partition coefficient (Wildman–Crippen LogP) is 4.37. The number of hydrogen-bond donors (Lipinski definition) is 0. The third-order valence-corrected chi connectivity index (χ3v) is 4.60. The molecule has 0 N–H and O–H groups in total. The summed E-state index contributed by atoms with van der Waals surface area (Å²) >= 11 is 0. The number of fused-ring (bicyclic) bond motifs is 1. The zero-order valence-electron chi connectivity index (χ0n) is 14.8. The summed E-state index contributed by atoms with van der Waals surface area (Å²) in [6.07, 6.45) is 3.87. The van der Waals surface area contributed by atoms with Crippen LogP contribution in [-0.4, -0.2) is 20.5 Å². The molecule has 0 aliphatic heterocycles. The molecule has 2 heterocycles. The number of Topliss-reactive ketones (excluding diaryl/α,β-unsaturated/α-hetero) is 1. The molecule has 0 spiro atoms. The highest BCUT2D eigenvalue weighted by molar-refractivity contribution is 5.96. The van der Waals surface area contributed by atoms with E-state index in [0.29, 0.717) is 12.1 Å². The minimum Gasteiger partial charge on any atom is -0.292 e. The van der Waals surface area contributed by atoms with Gasteiger partial charge in [0, 0.05) is 36.8 Å². The van der Waals surface area contributed by atoms with Crippen LogP contribution in [-0.2, 0) is 13.5 Å². The largest absolute Gasteiger partial charge is 0.292 e. The predicted molar refractivity (Wildman–Crippen MR) is 103 cm³/mol. The van der Waals surface area contributed by atoms with Gasteiger partial charge in [0.1, 0.15) is 5.69 Å². The minimum absolute atomic E-state index is 0.0561. The minimum atomic E-state index is 0.0561. The third kappa shape index (κ3) is 3.14. The molecular weight excluding hydrogens is 322 g/mol. The highest BCUT2D eigenvalue weighted by Gasteiger charge is 2.11. The molecule has 0 atom stereocenters. The zero-order valence-corrected chi connectivity index (χ0v) is 14.8. The fraction of sp³-hybridized carbons (Fsp3) is 0.136. The van der Waals surface area contributed by atoms with Gasteiger partial charge in [-0.2, -0.15) is 5.10 Å². The van der Waals surface area contributed by atoms with Gasteiger partial charge in [-0.1, -0.05) is 42.0 Å². The molecule has 0 fully saturated rings. The van der Waals surface area contributed by atoms with Crippen LogP contribution in [0.5, 0.6) is 0 Å². The third-order valence-electron chi connectivity index (χ3n) is 4.60. The van der Waals surface area contributed by atoms with Gasteiger partial charge < -0.3 is 0 Å². The normalized spacial score (nSPS) is 11.0. The molecule has 4 heteroatoms. The first-order chi connectivity index (χ1) is 12.6. The number of pyridine rings is 1. The maximum absolute atomic E-state index is 12.4. The first-order valence-corrected chi connectivity index (χ1v) is 8.57. The molecule has 2 aromatic carbocycles. The van der Waals surface area contributed by atoms with Crippen molar-refractivity contribution in [3.05, 3.63) is 83.8 Å². The number of carbonyl (C=O) groups excluding carboxylic acids is 1. The number of benzene rings is 2. The monoisotopic (exact) mass is 341 g/mol. The van der Waals surface area contributed by atoms with E-state index in [-0.39, 0.29) is 5.78 Å². The number of rotatable bonds is 4. The molecule has 0 aliphatic rings. The van der Waals surface area contributed by atoms with Crippen molar-refractivity contribution in [3.8, 4) is 11.1 Å². The zero-order chi connectivity index (χ0) is 18.1. The Labute approximate surface area is 152 Å². The average molecular weight is 341 g/mol. The van der Waals surface area contributed by atoms with Crippen molar-refractivity contribution in [2.24, 2.45) is 7.05 Å². The van der Waals surface area contributed by atoms with Crippen LogP contribution in [0.15, 0.2) is 67.0 Å². The standard InChI is InChI=1S/C22H19N3O/c1-15-3-6-17(7-4-15)19-13-18-8-5-16(11-20(18)23-14-19)12-22(26)21-9-10-24-25(21)2/h3-11,13-14H,12H2,1-2H3. The van der Waals surface area contributed by atoms with E-state index in [0.717, 1.165) is 27.6 Å². The fourth-order valence-electron chi connectivity index (χ4n) is 3.10. The van der Waals surface area contributed by atoms with Crippen LogP contribution in [0.2, 0.25) is 0 Å². The lowest BCUT2D eigenvalue weighted by molar-refractivity contribution is 0.0984. The summed E-state index contributed by atoms with van der Waals surface area (Å²) in [6, 6.07) is 18.3. The number of carbonyl (C=O) groups is 1. The molecule has 4 aromatic rings. The summed E-state index contributed by atoms with van der Waals surface area (Å²) in [5.74, 6) is 0.0561. The van der Waals surface area contributed by atoms with Crippen molar-refractivity contribution in [3.63, 3.8) is 0 Å². The van der Waals surface area contributed by atoms with Crippen LogP contribution in [0.25, 0.3) is 22.0 Å². The van der Waals surface area contributed by atoms with Gasteiger partial charge in [0.2, 0.25) is 0 Å². The van der Waals surface area contributed by atoms with Crippen LogP contribution in [0.4, 0.5) is 0 Å². The van der Waals surface area contributed by atoms with E-state index in [4.69, 9.17) is 0 Å². The molecule has 0 saturated carbocycles. The smallest absolute Gasteiger partial charge is 0.185 e. The highest BCUT2D eigenvalue weighted by Crippen LogP contribution is 2.24. The van der Waals surface area contributed by atoms with Gasteiger partial charge in [0.05, 0.1) is 5.52 Å². The second-order valence-corrected chi connectivity index (χ2v) is 6.56. The maximum atomic E-state index is 12.4. The van der Waals surface area contributed by atoms with E-state index >= 15 is 0 Å². The SMILES string of the molecule is Cc1ccc(-c2cnc3cc(CC(=O)c4ccnn4C)ccc3c2)cc1. The molecule has 0 saturated heterocycles. The van der Waals surface area contributed by atoms with Gasteiger partial charge in [0.25, 0.3) is 0 Å². The van der Waals surface area contributed by atoms with Crippen molar-refractivity contribution in [1.29, 1.82) is 0 Å². The Morgan fingerprint density at radius 1 is 1.00 bits per heavy atom. The topological polar surface area (TPSA) is 47.8 Å². The number of aromatic nitrogens is 3. The van der Waals surface area contributed by atoms with E-state index in [1.165, 1.54) is 5.56 Å². The first kappa shape index (κ1) is 16.2. The molecule has 0 aliphatic carbocycles. The van der Waals surface area contributed by atoms with Crippen molar-refractivity contribution in [2.45, 2.75) is 13.3 Å². The summed E-state index contributed by atoms with van der Waals surface area (Å²) in [5, 5.41) is 5.13. The van der Waals surface area contributed by atoms with E-state index in [2.05, 4.69) is 47.3 Å². The van der Waals surface area contributed by atoms with Gasteiger partial charge in [-0.3, -0.25) is 14.5 Å². The van der Waals surface area contributed by atoms with E-state index in [9.17, 15) is 4.79 Å². The Bertz CT molecular complexity index is 1090. The lowest BCUT2D eigenvalue weighted by Gasteiger charge is -2.06. The molecule has 2 aromatic heterocycles. The van der Waals surface area contributed by atoms with Gasteiger partial charge in [-0.05, 0) is 36.2 Å². The van der Waals surface area contributed by atoms with Gasteiger partial charge in [0.15, 0.2) is 5.78 Å². The molecule has 26 heavy (non-hydrogen) atoms. The maximum Gasteiger partial charge on any atom is 0.185 e. The summed E-state index contributed by atoms with van der Waals surface area (Å²) in [5.41, 5.74) is 5.96. The van der Waals surface area contributed by atoms with Crippen LogP contribution in [0, 0.1) is 6.92 Å². The van der Waals surface area contributed by atoms with Crippen LogP contribution in [0.1, 0.15) is 21.6 Å². The second kappa shape index (κ2) is 6.56. The van der Waals surface area contributed by atoms with Gasteiger partial charge >= 0.3 is 0 Å². The van der Waals surface area contributed by atoms with E-state index < -0.39 is 0 Å². The summed E-state index contributed by atoms with van der Waals surface area (Å²) in [6.45, 7) is 2.08. The molecule has 0 unspecified atom stereocenters. The van der Waals surface area contributed by atoms with Crippen LogP contribution < -0.4 is 0 Å². The lowest BCUT2D eigenvalue weighted by Crippen LogP contribution is -2.09. The van der Waals surface area contributed by atoms with E-state index in [1.807, 2.05) is 24.4 Å². The van der Waals surface area contributed by atoms with Crippen molar-refractivity contribution < 1.29 is 4.79 Å². The highest BCUT2D eigenvalue weighted by atomic mass is 16.1. The van der Waals surface area contributed by atoms with Crippen LogP contribution in [0.3, 0.4) is 0 Å². The Morgan fingerprint density at radius 3 is 2.54 bits per heavy atom. The molecule has 0 amide bonds.